The first-order valence-corrected chi connectivity index (χ1v) is 7.04. The molecule has 0 N–H and O–H groups in total. The highest BCUT2D eigenvalue weighted by atomic mass is 35.5. The summed E-state index contributed by atoms with van der Waals surface area (Å²) in [7, 11) is 0. The molecule has 0 atom stereocenters. The number of nitro benzene ring substituents is 1. The zero-order chi connectivity index (χ0) is 17.7. The van der Waals surface area contributed by atoms with Gasteiger partial charge >= 0.3 is 11.9 Å². The van der Waals surface area contributed by atoms with Crippen LogP contribution in [0.5, 0.6) is 0 Å². The van der Waals surface area contributed by atoms with Gasteiger partial charge in [-0.1, -0.05) is 0 Å². The van der Waals surface area contributed by atoms with Crippen LogP contribution in [0.1, 0.15) is 33.5 Å². The summed E-state index contributed by atoms with van der Waals surface area (Å²) >= 11 is 5.60. The van der Waals surface area contributed by atoms with Crippen LogP contribution in [0, 0.1) is 10.1 Å². The van der Waals surface area contributed by atoms with Crippen molar-refractivity contribution >= 4 is 29.2 Å². The average molecular weight is 355 g/mol. The largest absolute Gasteiger partial charge is 0.460 e. The number of halogens is 1. The quantitative estimate of drug-likeness (QED) is 0.441. The fraction of sp³-hybridized carbons (Fsp3) is 0.214. The molecular weight excluding hydrogens is 344 g/mol. The molecule has 0 bridgehead atoms. The summed E-state index contributed by atoms with van der Waals surface area (Å²) in [5.41, 5.74) is -0.0407. The fourth-order valence-electron chi connectivity index (χ4n) is 1.71. The molecule has 10 heteroatoms. The van der Waals surface area contributed by atoms with E-state index in [1.54, 1.807) is 6.92 Å². The van der Waals surface area contributed by atoms with Crippen molar-refractivity contribution in [3.8, 4) is 0 Å². The number of rotatable bonds is 6. The van der Waals surface area contributed by atoms with E-state index in [2.05, 4.69) is 4.98 Å². The second-order valence-electron chi connectivity index (χ2n) is 4.34. The second kappa shape index (κ2) is 7.55. The van der Waals surface area contributed by atoms with E-state index in [9.17, 15) is 19.7 Å². The van der Waals surface area contributed by atoms with Crippen LogP contribution < -0.4 is 0 Å². The Morgan fingerprint density at radius 3 is 2.50 bits per heavy atom. The highest BCUT2D eigenvalue weighted by molar-refractivity contribution is 6.27. The number of carbonyl (C=O) groups is 2. The Balaban J connectivity index is 2.06. The predicted octanol–water partition coefficient (Wildman–Crippen LogP) is 2.77. The topological polar surface area (TPSA) is 122 Å². The number of carbonyl (C=O) groups excluding carboxylic acids is 2. The van der Waals surface area contributed by atoms with Gasteiger partial charge in [-0.2, -0.15) is 4.98 Å². The Kier molecular flexibility index (Phi) is 5.48. The molecule has 0 radical (unpaired) electrons. The molecule has 9 nitrogen and oxygen atoms in total. The van der Waals surface area contributed by atoms with Crippen LogP contribution in [0.25, 0.3) is 0 Å². The smallest absolute Gasteiger partial charge is 0.376 e. The Morgan fingerprint density at radius 1 is 1.25 bits per heavy atom. The number of oxazole rings is 1. The Morgan fingerprint density at radius 2 is 1.92 bits per heavy atom. The van der Waals surface area contributed by atoms with Crippen molar-refractivity contribution in [3.05, 3.63) is 56.7 Å². The number of non-ortho nitro benzene ring substituents is 1. The first-order chi connectivity index (χ1) is 11.4. The zero-order valence-electron chi connectivity index (χ0n) is 12.4. The summed E-state index contributed by atoms with van der Waals surface area (Å²) in [5, 5.41) is 10.3. The van der Waals surface area contributed by atoms with Gasteiger partial charge in [0, 0.05) is 12.1 Å². The summed E-state index contributed by atoms with van der Waals surface area (Å²) in [6.07, 6.45) is 0. The van der Waals surface area contributed by atoms with Crippen molar-refractivity contribution in [2.45, 2.75) is 13.5 Å². The maximum atomic E-state index is 11.9. The highest BCUT2D eigenvalue weighted by Crippen LogP contribution is 2.18. The van der Waals surface area contributed by atoms with Crippen molar-refractivity contribution in [1.29, 1.82) is 0 Å². The molecule has 0 amide bonds. The van der Waals surface area contributed by atoms with Gasteiger partial charge < -0.3 is 13.9 Å². The minimum Gasteiger partial charge on any atom is -0.460 e. The fourth-order valence-corrected chi connectivity index (χ4v) is 1.89. The molecule has 1 heterocycles. The lowest BCUT2D eigenvalue weighted by Crippen LogP contribution is -2.10. The van der Waals surface area contributed by atoms with Gasteiger partial charge in [0.05, 0.1) is 17.1 Å². The number of esters is 2. The number of nitro groups is 1. The lowest BCUT2D eigenvalue weighted by molar-refractivity contribution is -0.384. The first-order valence-electron chi connectivity index (χ1n) is 6.66. The van der Waals surface area contributed by atoms with Crippen LogP contribution in [0.4, 0.5) is 5.69 Å². The van der Waals surface area contributed by atoms with Gasteiger partial charge in [0.1, 0.15) is 12.3 Å². The number of nitrogens with zero attached hydrogens (tertiary/aromatic N) is 2. The van der Waals surface area contributed by atoms with Crippen LogP contribution in [0.15, 0.2) is 28.7 Å². The Bertz CT molecular complexity index is 770. The van der Waals surface area contributed by atoms with Gasteiger partial charge in [0.25, 0.3) is 11.0 Å². The maximum Gasteiger partial charge on any atom is 0.376 e. The van der Waals surface area contributed by atoms with E-state index in [1.165, 1.54) is 24.3 Å². The Labute approximate surface area is 140 Å². The molecule has 0 saturated carbocycles. The highest BCUT2D eigenvalue weighted by Gasteiger charge is 2.22. The molecule has 2 rings (SSSR count). The third-order valence-corrected chi connectivity index (χ3v) is 2.95. The molecule has 0 spiro atoms. The third-order valence-electron chi connectivity index (χ3n) is 2.79. The first kappa shape index (κ1) is 17.4. The maximum absolute atomic E-state index is 11.9. The normalized spacial score (nSPS) is 10.2. The van der Waals surface area contributed by atoms with Gasteiger partial charge in [0.2, 0.25) is 5.76 Å². The van der Waals surface area contributed by atoms with Gasteiger partial charge in [-0.3, -0.25) is 10.1 Å². The van der Waals surface area contributed by atoms with Gasteiger partial charge in [-0.25, -0.2) is 9.59 Å². The van der Waals surface area contributed by atoms with Crippen molar-refractivity contribution in [3.63, 3.8) is 0 Å². The molecule has 0 aliphatic heterocycles. The molecular formula is C14H11ClN2O7. The third kappa shape index (κ3) is 4.07. The molecule has 0 aliphatic carbocycles. The number of hydrogen-bond acceptors (Lipinski definition) is 8. The van der Waals surface area contributed by atoms with E-state index in [-0.39, 0.29) is 41.3 Å². The van der Waals surface area contributed by atoms with Crippen LogP contribution in [-0.4, -0.2) is 28.5 Å². The summed E-state index contributed by atoms with van der Waals surface area (Å²) in [4.78, 5) is 37.3. The van der Waals surface area contributed by atoms with E-state index < -0.39 is 16.9 Å². The molecule has 24 heavy (non-hydrogen) atoms. The minimum atomic E-state index is -0.779. The summed E-state index contributed by atoms with van der Waals surface area (Å²) in [5.74, 6) is -1.78. The molecule has 126 valence electrons. The summed E-state index contributed by atoms with van der Waals surface area (Å²) in [6.45, 7) is 1.36. The summed E-state index contributed by atoms with van der Waals surface area (Å²) < 4.78 is 14.7. The van der Waals surface area contributed by atoms with Crippen molar-refractivity contribution in [2.24, 2.45) is 0 Å². The Hall–Kier alpha value is -2.94. The lowest BCUT2D eigenvalue weighted by atomic mass is 10.2. The number of aromatic nitrogens is 1. The van der Waals surface area contributed by atoms with E-state index in [0.29, 0.717) is 0 Å². The standard InChI is InChI=1S/C14H11ClN2O7/c1-2-22-13(19)11-10(16-14(15)24-11)7-23-12(18)8-3-5-9(6-4-8)17(20)21/h3-6H,2,7H2,1H3. The van der Waals surface area contributed by atoms with Crippen molar-refractivity contribution in [2.75, 3.05) is 6.61 Å². The van der Waals surface area contributed by atoms with E-state index >= 15 is 0 Å². The van der Waals surface area contributed by atoms with Gasteiger partial charge in [-0.15, -0.1) is 0 Å². The van der Waals surface area contributed by atoms with Crippen molar-refractivity contribution in [1.82, 2.24) is 4.98 Å². The zero-order valence-corrected chi connectivity index (χ0v) is 13.1. The predicted molar refractivity (Wildman–Crippen MR) is 79.7 cm³/mol. The van der Waals surface area contributed by atoms with Gasteiger partial charge in [-0.05, 0) is 30.7 Å². The van der Waals surface area contributed by atoms with Crippen LogP contribution >= 0.6 is 11.6 Å². The van der Waals surface area contributed by atoms with E-state index in [1.807, 2.05) is 0 Å². The van der Waals surface area contributed by atoms with E-state index in [0.717, 1.165) is 0 Å². The molecule has 0 saturated heterocycles. The molecule has 0 unspecified atom stereocenters. The van der Waals surface area contributed by atoms with E-state index in [4.69, 9.17) is 25.5 Å². The van der Waals surface area contributed by atoms with Crippen molar-refractivity contribution < 1.29 is 28.4 Å². The minimum absolute atomic E-state index is 0.00807. The SMILES string of the molecule is CCOC(=O)c1oc(Cl)nc1COC(=O)c1ccc([N+](=O)[O-])cc1. The molecule has 0 fully saturated rings. The number of benzene rings is 1. The number of hydrogen-bond donors (Lipinski definition) is 0. The van der Waals surface area contributed by atoms with Gasteiger partial charge in [0.15, 0.2) is 0 Å². The number of ether oxygens (including phenoxy) is 2. The molecule has 1 aromatic carbocycles. The van der Waals surface area contributed by atoms with Crippen LogP contribution in [-0.2, 0) is 16.1 Å². The molecule has 2 aromatic rings. The molecule has 0 aliphatic rings. The van der Waals surface area contributed by atoms with Crippen LogP contribution in [0.2, 0.25) is 5.35 Å². The van der Waals surface area contributed by atoms with Crippen LogP contribution in [0.3, 0.4) is 0 Å². The average Bonchev–Trinajstić information content (AvgIpc) is 2.94. The summed E-state index contributed by atoms with van der Waals surface area (Å²) in [6, 6.07) is 4.85. The second-order valence-corrected chi connectivity index (χ2v) is 4.67. The molecule has 1 aromatic heterocycles. The lowest BCUT2D eigenvalue weighted by Gasteiger charge is -2.04. The monoisotopic (exact) mass is 354 g/mol.